The maximum absolute atomic E-state index is 13.5. The van der Waals surface area contributed by atoms with E-state index in [2.05, 4.69) is 5.32 Å². The number of nitrogens with one attached hydrogen (secondary N) is 1. The number of nitrogens with zero attached hydrogens (tertiary/aromatic N) is 1. The largest absolute Gasteiger partial charge is 0.322 e. The lowest BCUT2D eigenvalue weighted by Gasteiger charge is -2.30. The molecule has 1 unspecified atom stereocenters. The van der Waals surface area contributed by atoms with Gasteiger partial charge in [0.25, 0.3) is 5.91 Å². The van der Waals surface area contributed by atoms with E-state index in [1.54, 1.807) is 13.0 Å². The van der Waals surface area contributed by atoms with E-state index in [1.807, 2.05) is 6.92 Å². The Labute approximate surface area is 169 Å². The van der Waals surface area contributed by atoms with Crippen LogP contribution in [-0.4, -0.2) is 31.7 Å². The van der Waals surface area contributed by atoms with Crippen LogP contribution < -0.4 is 5.32 Å². The second-order valence-electron chi connectivity index (χ2n) is 7.17. The van der Waals surface area contributed by atoms with E-state index < -0.39 is 21.7 Å². The van der Waals surface area contributed by atoms with E-state index in [0.717, 1.165) is 12.8 Å². The zero-order chi connectivity index (χ0) is 20.5. The summed E-state index contributed by atoms with van der Waals surface area (Å²) in [6.45, 7) is 4.61. The molecule has 0 bridgehead atoms. The van der Waals surface area contributed by atoms with Crippen LogP contribution in [0.25, 0.3) is 0 Å². The average Bonchev–Trinajstić information content (AvgIpc) is 2.65. The fourth-order valence-corrected chi connectivity index (χ4v) is 5.37. The third-order valence-electron chi connectivity index (χ3n) is 4.88. The van der Waals surface area contributed by atoms with Gasteiger partial charge in [-0.1, -0.05) is 24.6 Å². The molecule has 0 aliphatic carbocycles. The quantitative estimate of drug-likeness (QED) is 0.787. The van der Waals surface area contributed by atoms with Gasteiger partial charge in [-0.2, -0.15) is 4.31 Å². The molecule has 0 radical (unpaired) electrons. The van der Waals surface area contributed by atoms with E-state index in [-0.39, 0.29) is 21.4 Å². The SMILES string of the molecule is Cc1ccc(F)cc1NC(=O)c1ccc(Cl)c(S(=O)(=O)N2CCCC(C)C2)c1. The number of hydrogen-bond donors (Lipinski definition) is 1. The second kappa shape index (κ2) is 8.19. The van der Waals surface area contributed by atoms with E-state index in [0.29, 0.717) is 24.3 Å². The first-order valence-corrected chi connectivity index (χ1v) is 10.9. The fourth-order valence-electron chi connectivity index (χ4n) is 3.27. The standard InChI is InChI=1S/C20H22ClFN2O3S/c1-13-4-3-9-24(12-13)28(26,27)19-10-15(6-8-17(19)21)20(25)23-18-11-16(22)7-5-14(18)2/h5-8,10-11,13H,3-4,9,12H2,1-2H3,(H,23,25). The van der Waals surface area contributed by atoms with Crippen molar-refractivity contribution in [3.8, 4) is 0 Å². The molecule has 1 saturated heterocycles. The molecule has 1 heterocycles. The minimum Gasteiger partial charge on any atom is -0.322 e. The molecule has 1 atom stereocenters. The van der Waals surface area contributed by atoms with Gasteiger partial charge in [0, 0.05) is 24.3 Å². The minimum absolute atomic E-state index is 0.0664. The van der Waals surface area contributed by atoms with E-state index in [4.69, 9.17) is 11.6 Å². The Balaban J connectivity index is 1.90. The maximum atomic E-state index is 13.5. The number of piperidine rings is 1. The third kappa shape index (κ3) is 4.37. The Morgan fingerprint density at radius 2 is 2.00 bits per heavy atom. The highest BCUT2D eigenvalue weighted by atomic mass is 35.5. The van der Waals surface area contributed by atoms with Gasteiger partial charge in [0.1, 0.15) is 10.7 Å². The summed E-state index contributed by atoms with van der Waals surface area (Å²) in [7, 11) is -3.81. The first kappa shape index (κ1) is 20.8. The molecule has 1 fully saturated rings. The number of halogens is 2. The maximum Gasteiger partial charge on any atom is 0.255 e. The summed E-state index contributed by atoms with van der Waals surface area (Å²) < 4.78 is 41.0. The van der Waals surface area contributed by atoms with Crippen molar-refractivity contribution in [2.24, 2.45) is 5.92 Å². The van der Waals surface area contributed by atoms with Crippen LogP contribution in [0.2, 0.25) is 5.02 Å². The molecule has 3 rings (SSSR count). The van der Waals surface area contributed by atoms with E-state index in [1.165, 1.54) is 34.6 Å². The highest BCUT2D eigenvalue weighted by Gasteiger charge is 2.31. The molecule has 2 aromatic rings. The lowest BCUT2D eigenvalue weighted by Crippen LogP contribution is -2.39. The summed E-state index contributed by atoms with van der Waals surface area (Å²) >= 11 is 6.16. The van der Waals surface area contributed by atoms with Gasteiger partial charge in [0.05, 0.1) is 5.02 Å². The molecule has 1 aliphatic heterocycles. The van der Waals surface area contributed by atoms with Crippen molar-refractivity contribution >= 4 is 33.2 Å². The Morgan fingerprint density at radius 3 is 2.71 bits per heavy atom. The predicted molar refractivity (Wildman–Crippen MR) is 108 cm³/mol. The number of carbonyl (C=O) groups is 1. The van der Waals surface area contributed by atoms with Crippen molar-refractivity contribution in [3.05, 3.63) is 58.4 Å². The number of sulfonamides is 1. The normalized spacial score (nSPS) is 18.1. The Bertz CT molecular complexity index is 1010. The summed E-state index contributed by atoms with van der Waals surface area (Å²) in [5.41, 5.74) is 1.16. The van der Waals surface area contributed by atoms with Gasteiger partial charge in [0.15, 0.2) is 0 Å². The smallest absolute Gasteiger partial charge is 0.255 e. The number of carbonyl (C=O) groups excluding carboxylic acids is 1. The van der Waals surface area contributed by atoms with Crippen LogP contribution in [-0.2, 0) is 10.0 Å². The summed E-state index contributed by atoms with van der Waals surface area (Å²) in [5, 5.41) is 2.69. The predicted octanol–water partition coefficient (Wildman–Crippen LogP) is 4.46. The van der Waals surface area contributed by atoms with E-state index >= 15 is 0 Å². The van der Waals surface area contributed by atoms with Gasteiger partial charge < -0.3 is 5.32 Å². The summed E-state index contributed by atoms with van der Waals surface area (Å²) in [4.78, 5) is 12.5. The van der Waals surface area contributed by atoms with Crippen LogP contribution >= 0.6 is 11.6 Å². The summed E-state index contributed by atoms with van der Waals surface area (Å²) in [5.74, 6) is -0.738. The zero-order valence-electron chi connectivity index (χ0n) is 15.7. The number of rotatable bonds is 4. The molecular formula is C20H22ClFN2O3S. The van der Waals surface area contributed by atoms with Crippen molar-refractivity contribution in [2.75, 3.05) is 18.4 Å². The van der Waals surface area contributed by atoms with Crippen LogP contribution in [0.1, 0.15) is 35.7 Å². The lowest BCUT2D eigenvalue weighted by molar-refractivity contribution is 0.102. The first-order chi connectivity index (χ1) is 13.2. The highest BCUT2D eigenvalue weighted by molar-refractivity contribution is 7.89. The van der Waals surface area contributed by atoms with Crippen molar-refractivity contribution < 1.29 is 17.6 Å². The molecule has 1 N–H and O–H groups in total. The molecule has 0 spiro atoms. The topological polar surface area (TPSA) is 66.5 Å². The molecule has 1 aliphatic rings. The Kier molecular flexibility index (Phi) is 6.07. The molecule has 28 heavy (non-hydrogen) atoms. The van der Waals surface area contributed by atoms with E-state index in [9.17, 15) is 17.6 Å². The van der Waals surface area contributed by atoms with Gasteiger partial charge in [-0.15, -0.1) is 0 Å². The molecule has 5 nitrogen and oxygen atoms in total. The fraction of sp³-hybridized carbons (Fsp3) is 0.350. The molecule has 0 aromatic heterocycles. The van der Waals surface area contributed by atoms with Gasteiger partial charge >= 0.3 is 0 Å². The van der Waals surface area contributed by atoms with Crippen molar-refractivity contribution in [1.82, 2.24) is 4.31 Å². The number of hydrogen-bond acceptors (Lipinski definition) is 3. The number of benzene rings is 2. The second-order valence-corrected chi connectivity index (χ2v) is 9.48. The Hall–Kier alpha value is -1.96. The van der Waals surface area contributed by atoms with Crippen molar-refractivity contribution in [3.63, 3.8) is 0 Å². The Morgan fingerprint density at radius 1 is 1.25 bits per heavy atom. The van der Waals surface area contributed by atoms with Crippen molar-refractivity contribution in [1.29, 1.82) is 0 Å². The highest BCUT2D eigenvalue weighted by Crippen LogP contribution is 2.29. The summed E-state index contributed by atoms with van der Waals surface area (Å²) in [6, 6.07) is 8.20. The molecule has 1 amide bonds. The zero-order valence-corrected chi connectivity index (χ0v) is 17.3. The van der Waals surface area contributed by atoms with Gasteiger partial charge in [-0.3, -0.25) is 4.79 Å². The molecular weight excluding hydrogens is 403 g/mol. The van der Waals surface area contributed by atoms with Crippen LogP contribution in [0.3, 0.4) is 0 Å². The van der Waals surface area contributed by atoms with Crippen molar-refractivity contribution in [2.45, 2.75) is 31.6 Å². The molecule has 150 valence electrons. The summed E-state index contributed by atoms with van der Waals surface area (Å²) in [6.07, 6.45) is 1.77. The number of amides is 1. The molecule has 2 aromatic carbocycles. The monoisotopic (exact) mass is 424 g/mol. The first-order valence-electron chi connectivity index (χ1n) is 9.05. The van der Waals surface area contributed by atoms with Crippen LogP contribution in [0.4, 0.5) is 10.1 Å². The molecule has 0 saturated carbocycles. The average molecular weight is 425 g/mol. The minimum atomic E-state index is -3.81. The van der Waals surface area contributed by atoms with Gasteiger partial charge in [0.2, 0.25) is 10.0 Å². The van der Waals surface area contributed by atoms with Crippen LogP contribution in [0, 0.1) is 18.7 Å². The third-order valence-corrected chi connectivity index (χ3v) is 7.23. The molecule has 8 heteroatoms. The van der Waals surface area contributed by atoms with Gasteiger partial charge in [-0.05, 0) is 61.6 Å². The number of aryl methyl sites for hydroxylation is 1. The lowest BCUT2D eigenvalue weighted by atomic mass is 10.0. The van der Waals surface area contributed by atoms with Gasteiger partial charge in [-0.25, -0.2) is 12.8 Å². The van der Waals surface area contributed by atoms with Crippen LogP contribution in [0.5, 0.6) is 0 Å². The van der Waals surface area contributed by atoms with Crippen LogP contribution in [0.15, 0.2) is 41.3 Å². The number of anilines is 1.